The Kier molecular flexibility index (Phi) is 6.86. The first-order valence-electron chi connectivity index (χ1n) is 11.9. The number of hydrogen-bond acceptors (Lipinski definition) is 5. The molecule has 0 heterocycles. The molecule has 182 valence electrons. The molecule has 1 aromatic rings. The van der Waals surface area contributed by atoms with Crippen LogP contribution in [0.25, 0.3) is 0 Å². The lowest BCUT2D eigenvalue weighted by Crippen LogP contribution is -2.44. The first kappa shape index (κ1) is 24.1. The molecule has 1 aromatic carbocycles. The number of amidine groups is 1. The van der Waals surface area contributed by atoms with Crippen molar-refractivity contribution in [2.75, 3.05) is 7.11 Å². The van der Waals surface area contributed by atoms with Crippen LogP contribution < -0.4 is 5.73 Å². The Morgan fingerprint density at radius 3 is 2.91 bits per heavy atom. The highest BCUT2D eigenvalue weighted by atomic mass is 19.1. The minimum Gasteiger partial charge on any atom is -0.481 e. The predicted octanol–water partition coefficient (Wildman–Crippen LogP) is 4.58. The van der Waals surface area contributed by atoms with E-state index < -0.39 is 0 Å². The summed E-state index contributed by atoms with van der Waals surface area (Å²) in [6.45, 7) is 2.19. The zero-order valence-electron chi connectivity index (χ0n) is 19.8. The normalized spacial score (nSPS) is 31.7. The van der Waals surface area contributed by atoms with E-state index in [2.05, 4.69) is 23.1 Å². The second-order valence-corrected chi connectivity index (χ2v) is 9.98. The maximum atomic E-state index is 14.5. The number of nitrogens with zero attached hydrogens (tertiary/aromatic N) is 2. The molecule has 0 saturated heterocycles. The zero-order valence-corrected chi connectivity index (χ0v) is 19.8. The van der Waals surface area contributed by atoms with Crippen molar-refractivity contribution in [3.05, 3.63) is 47.3 Å². The molecule has 3 unspecified atom stereocenters. The second-order valence-electron chi connectivity index (χ2n) is 9.98. The lowest BCUT2D eigenvalue weighted by Gasteiger charge is -2.50. The fourth-order valence-corrected chi connectivity index (χ4v) is 6.85. The third kappa shape index (κ3) is 4.38. The van der Waals surface area contributed by atoms with Crippen LogP contribution in [-0.2, 0) is 16.0 Å². The van der Waals surface area contributed by atoms with Crippen molar-refractivity contribution in [3.63, 3.8) is 0 Å². The molecule has 0 radical (unpaired) electrons. The van der Waals surface area contributed by atoms with Gasteiger partial charge in [-0.05, 0) is 85.5 Å². The molecule has 0 bridgehead atoms. The van der Waals surface area contributed by atoms with Gasteiger partial charge in [0.1, 0.15) is 11.7 Å². The van der Waals surface area contributed by atoms with Crippen LogP contribution in [0.5, 0.6) is 0 Å². The van der Waals surface area contributed by atoms with E-state index in [0.717, 1.165) is 42.5 Å². The summed E-state index contributed by atoms with van der Waals surface area (Å²) in [5, 5.41) is 20.9. The van der Waals surface area contributed by atoms with Crippen LogP contribution in [0.15, 0.2) is 40.5 Å². The molecule has 2 saturated carbocycles. The number of ether oxygens (including phenoxy) is 1. The van der Waals surface area contributed by atoms with Crippen LogP contribution in [0.1, 0.15) is 62.5 Å². The molecule has 7 nitrogen and oxygen atoms in total. The van der Waals surface area contributed by atoms with E-state index in [4.69, 9.17) is 15.9 Å². The van der Waals surface area contributed by atoms with Gasteiger partial charge in [0.25, 0.3) is 0 Å². The van der Waals surface area contributed by atoms with Crippen molar-refractivity contribution in [3.8, 4) is 0 Å². The Morgan fingerprint density at radius 2 is 2.18 bits per heavy atom. The van der Waals surface area contributed by atoms with E-state index in [1.807, 2.05) is 0 Å². The second kappa shape index (κ2) is 9.68. The van der Waals surface area contributed by atoms with Gasteiger partial charge in [-0.2, -0.15) is 4.99 Å². The number of carbonyl (C=O) groups excluding carboxylic acids is 1. The summed E-state index contributed by atoms with van der Waals surface area (Å²) in [6.07, 6.45) is 7.71. The Balaban J connectivity index is 1.52. The van der Waals surface area contributed by atoms with Crippen molar-refractivity contribution in [2.24, 2.45) is 39.1 Å². The lowest BCUT2D eigenvalue weighted by molar-refractivity contribution is -0.118. The minimum atomic E-state index is -0.314. The van der Waals surface area contributed by atoms with E-state index in [0.29, 0.717) is 24.7 Å². The minimum absolute atomic E-state index is 0.0318. The maximum Gasteiger partial charge on any atom is 0.247 e. The van der Waals surface area contributed by atoms with E-state index in [1.165, 1.54) is 19.3 Å². The fraction of sp³-hybridized carbons (Fsp3) is 0.538. The van der Waals surface area contributed by atoms with Gasteiger partial charge >= 0.3 is 0 Å². The van der Waals surface area contributed by atoms with Gasteiger partial charge in [-0.25, -0.2) is 4.39 Å². The number of hydrogen-bond donors (Lipinski definition) is 3. The zero-order chi connectivity index (χ0) is 24.5. The van der Waals surface area contributed by atoms with Gasteiger partial charge < -0.3 is 15.7 Å². The summed E-state index contributed by atoms with van der Waals surface area (Å²) in [5.41, 5.74) is 8.38. The average molecular weight is 469 g/mol. The summed E-state index contributed by atoms with van der Waals surface area (Å²) >= 11 is 0. The quantitative estimate of drug-likeness (QED) is 0.253. The molecule has 8 heteroatoms. The van der Waals surface area contributed by atoms with Gasteiger partial charge in [-0.1, -0.05) is 24.2 Å². The largest absolute Gasteiger partial charge is 0.481 e. The van der Waals surface area contributed by atoms with Gasteiger partial charge in [-0.3, -0.25) is 10.2 Å². The summed E-state index contributed by atoms with van der Waals surface area (Å²) in [6, 6.07) is 5.42. The highest BCUT2D eigenvalue weighted by molar-refractivity contribution is 6.03. The summed E-state index contributed by atoms with van der Waals surface area (Å²) in [4.78, 5) is 16.4. The van der Waals surface area contributed by atoms with E-state index in [9.17, 15) is 14.4 Å². The molecule has 34 heavy (non-hydrogen) atoms. The standard InChI is InChI=1S/C26H33FN4O3/c1-26-13-12-17-16-4-3-5-20(27)18(16)7-8-19(17)25(26)15(14-21(26)31-33)6-11-24(32)30-22(28)9-10-23(29)34-2/h3-5,9-10,15,17,19,25,29,33H,6-8,11-14H2,1-2H3,(H2,28,30,32)/b10-9-,29-23?,31-21+/t15-,17?,19?,25?,26-/m1/s1. The fourth-order valence-electron chi connectivity index (χ4n) is 6.85. The summed E-state index contributed by atoms with van der Waals surface area (Å²) in [5.74, 6) is 0.650. The van der Waals surface area contributed by atoms with Crippen LogP contribution in [0.4, 0.5) is 4.39 Å². The molecular formula is C26H33FN4O3. The molecule has 0 spiro atoms. The lowest BCUT2D eigenvalue weighted by atomic mass is 9.54. The maximum absolute atomic E-state index is 14.5. The molecular weight excluding hydrogens is 435 g/mol. The number of oxime groups is 1. The van der Waals surface area contributed by atoms with Gasteiger partial charge in [0, 0.05) is 17.9 Å². The summed E-state index contributed by atoms with van der Waals surface area (Å²) < 4.78 is 19.2. The number of halogens is 1. The number of aliphatic imine (C=N–C) groups is 1. The van der Waals surface area contributed by atoms with Crippen LogP contribution >= 0.6 is 0 Å². The molecule has 0 aliphatic heterocycles. The number of methoxy groups -OCH3 is 1. The van der Waals surface area contributed by atoms with Crippen molar-refractivity contribution in [2.45, 2.75) is 57.8 Å². The number of rotatable bonds is 5. The number of fused-ring (bicyclic) bond motifs is 5. The first-order valence-corrected chi connectivity index (χ1v) is 11.9. The molecule has 3 aliphatic rings. The van der Waals surface area contributed by atoms with Gasteiger partial charge in [0.15, 0.2) is 0 Å². The number of carbonyl (C=O) groups is 1. The van der Waals surface area contributed by atoms with Crippen LogP contribution in [0.2, 0.25) is 0 Å². The number of amides is 1. The number of nitrogens with one attached hydrogen (secondary N) is 1. The van der Waals surface area contributed by atoms with Gasteiger partial charge in [0.2, 0.25) is 11.8 Å². The highest BCUT2D eigenvalue weighted by Crippen LogP contribution is 2.62. The number of nitrogens with two attached hydrogens (primary N) is 1. The molecule has 0 aromatic heterocycles. The summed E-state index contributed by atoms with van der Waals surface area (Å²) in [7, 11) is 1.38. The average Bonchev–Trinajstić information content (AvgIpc) is 3.12. The molecule has 4 rings (SSSR count). The Hall–Kier alpha value is -3.03. The van der Waals surface area contributed by atoms with Gasteiger partial charge in [0.05, 0.1) is 12.8 Å². The van der Waals surface area contributed by atoms with Crippen molar-refractivity contribution in [1.29, 1.82) is 5.41 Å². The van der Waals surface area contributed by atoms with Crippen LogP contribution in [0, 0.1) is 34.4 Å². The molecule has 4 N–H and O–H groups in total. The number of benzene rings is 1. The SMILES string of the molecule is COC(=N)/C=C\C(N)=NC(=O)CC[C@@H]1C/C(=N\O)[C@@]2(C)CCC3c4cccc(F)c4CCC3C12. The van der Waals surface area contributed by atoms with Crippen LogP contribution in [0.3, 0.4) is 0 Å². The van der Waals surface area contributed by atoms with Crippen LogP contribution in [-0.4, -0.2) is 35.7 Å². The van der Waals surface area contributed by atoms with Crippen molar-refractivity contribution < 1.29 is 19.1 Å². The first-order chi connectivity index (χ1) is 16.3. The van der Waals surface area contributed by atoms with E-state index >= 15 is 0 Å². The van der Waals surface area contributed by atoms with E-state index in [-0.39, 0.29) is 47.1 Å². The molecule has 3 aliphatic carbocycles. The molecule has 1 amide bonds. The van der Waals surface area contributed by atoms with E-state index in [1.54, 1.807) is 12.1 Å². The third-order valence-corrected chi connectivity index (χ3v) is 8.32. The van der Waals surface area contributed by atoms with Gasteiger partial charge in [-0.15, -0.1) is 0 Å². The highest BCUT2D eigenvalue weighted by Gasteiger charge is 2.57. The Morgan fingerprint density at radius 1 is 1.38 bits per heavy atom. The van der Waals surface area contributed by atoms with Crippen molar-refractivity contribution in [1.82, 2.24) is 0 Å². The van der Waals surface area contributed by atoms with Crippen molar-refractivity contribution >= 4 is 23.4 Å². The smallest absolute Gasteiger partial charge is 0.247 e. The molecule has 5 atom stereocenters. The monoisotopic (exact) mass is 468 g/mol. The molecule has 2 fully saturated rings. The third-order valence-electron chi connectivity index (χ3n) is 8.32. The predicted molar refractivity (Wildman–Crippen MR) is 129 cm³/mol. The Bertz CT molecular complexity index is 1070. The topological polar surface area (TPSA) is 121 Å². The Labute approximate surface area is 199 Å².